The number of aliphatic hydroxyl groups excluding tert-OH is 1. The van der Waals surface area contributed by atoms with Crippen LogP contribution in [0.5, 0.6) is 0 Å². The SMILES string of the molecule is Cc1ccc(CC(O)CCCc2ccccc2)cc1. The molecule has 2 aromatic rings. The highest BCUT2D eigenvalue weighted by atomic mass is 16.3. The third-order valence-electron chi connectivity index (χ3n) is 3.44. The van der Waals surface area contributed by atoms with E-state index >= 15 is 0 Å². The Hall–Kier alpha value is -1.60. The van der Waals surface area contributed by atoms with Crippen LogP contribution >= 0.6 is 0 Å². The molecule has 2 rings (SSSR count). The van der Waals surface area contributed by atoms with Crippen LogP contribution in [-0.4, -0.2) is 11.2 Å². The Bertz CT molecular complexity index is 473. The fourth-order valence-corrected chi connectivity index (χ4v) is 2.28. The molecule has 1 unspecified atom stereocenters. The second kappa shape index (κ2) is 7.10. The van der Waals surface area contributed by atoms with Crippen LogP contribution in [0.1, 0.15) is 29.5 Å². The first kappa shape index (κ1) is 13.8. The lowest BCUT2D eigenvalue weighted by atomic mass is 10.0. The Kier molecular flexibility index (Phi) is 5.17. The summed E-state index contributed by atoms with van der Waals surface area (Å²) < 4.78 is 0. The van der Waals surface area contributed by atoms with Gasteiger partial charge in [0.05, 0.1) is 6.10 Å². The molecule has 0 bridgehead atoms. The summed E-state index contributed by atoms with van der Waals surface area (Å²) >= 11 is 0. The predicted molar refractivity (Wildman–Crippen MR) is 80.3 cm³/mol. The zero-order valence-electron chi connectivity index (χ0n) is 11.5. The van der Waals surface area contributed by atoms with E-state index in [1.807, 2.05) is 6.07 Å². The van der Waals surface area contributed by atoms with Gasteiger partial charge in [-0.2, -0.15) is 0 Å². The average molecular weight is 254 g/mol. The maximum absolute atomic E-state index is 10.0. The van der Waals surface area contributed by atoms with Crippen molar-refractivity contribution in [1.82, 2.24) is 0 Å². The van der Waals surface area contributed by atoms with Crippen molar-refractivity contribution in [1.29, 1.82) is 0 Å². The normalized spacial score (nSPS) is 12.3. The van der Waals surface area contributed by atoms with Crippen LogP contribution in [0.25, 0.3) is 0 Å². The van der Waals surface area contributed by atoms with Gasteiger partial charge in [0.25, 0.3) is 0 Å². The van der Waals surface area contributed by atoms with E-state index in [1.54, 1.807) is 0 Å². The monoisotopic (exact) mass is 254 g/mol. The molecule has 0 amide bonds. The van der Waals surface area contributed by atoms with Gasteiger partial charge >= 0.3 is 0 Å². The highest BCUT2D eigenvalue weighted by molar-refractivity contribution is 5.21. The van der Waals surface area contributed by atoms with Gasteiger partial charge in [0.2, 0.25) is 0 Å². The van der Waals surface area contributed by atoms with Gasteiger partial charge in [0, 0.05) is 0 Å². The van der Waals surface area contributed by atoms with Gasteiger partial charge in [0.15, 0.2) is 0 Å². The Morgan fingerprint density at radius 1 is 0.895 bits per heavy atom. The lowest BCUT2D eigenvalue weighted by Crippen LogP contribution is -2.10. The van der Waals surface area contributed by atoms with Crippen LogP contribution in [0.3, 0.4) is 0 Å². The van der Waals surface area contributed by atoms with Gasteiger partial charge in [-0.25, -0.2) is 0 Å². The standard InChI is InChI=1S/C18H22O/c1-15-10-12-17(13-11-15)14-18(19)9-5-8-16-6-3-2-4-7-16/h2-4,6-7,10-13,18-19H,5,8-9,14H2,1H3. The second-order valence-corrected chi connectivity index (χ2v) is 5.22. The zero-order valence-corrected chi connectivity index (χ0v) is 11.5. The van der Waals surface area contributed by atoms with Gasteiger partial charge in [-0.05, 0) is 43.7 Å². The number of rotatable bonds is 6. The molecule has 1 N–H and O–H groups in total. The molecule has 100 valence electrons. The summed E-state index contributed by atoms with van der Waals surface area (Å²) in [4.78, 5) is 0. The fourth-order valence-electron chi connectivity index (χ4n) is 2.28. The number of aryl methyl sites for hydroxylation is 2. The number of hydrogen-bond acceptors (Lipinski definition) is 1. The summed E-state index contributed by atoms with van der Waals surface area (Å²) in [6.45, 7) is 2.08. The molecule has 0 radical (unpaired) electrons. The molecule has 2 aromatic carbocycles. The van der Waals surface area contributed by atoms with Crippen molar-refractivity contribution in [3.63, 3.8) is 0 Å². The van der Waals surface area contributed by atoms with Crippen molar-refractivity contribution in [2.75, 3.05) is 0 Å². The molecule has 0 heterocycles. The predicted octanol–water partition coefficient (Wildman–Crippen LogP) is 3.92. The molecule has 0 aliphatic rings. The van der Waals surface area contributed by atoms with Crippen molar-refractivity contribution in [2.45, 2.75) is 38.7 Å². The molecular weight excluding hydrogens is 232 g/mol. The van der Waals surface area contributed by atoms with Crippen LogP contribution in [0, 0.1) is 6.92 Å². The minimum atomic E-state index is -0.230. The van der Waals surface area contributed by atoms with Crippen LogP contribution in [0.15, 0.2) is 54.6 Å². The molecule has 0 saturated heterocycles. The first-order valence-electron chi connectivity index (χ1n) is 7.01. The highest BCUT2D eigenvalue weighted by Crippen LogP contribution is 2.11. The number of benzene rings is 2. The van der Waals surface area contributed by atoms with Crippen molar-refractivity contribution in [3.05, 3.63) is 71.3 Å². The Morgan fingerprint density at radius 2 is 1.58 bits per heavy atom. The minimum absolute atomic E-state index is 0.230. The van der Waals surface area contributed by atoms with Gasteiger partial charge in [-0.1, -0.05) is 60.2 Å². The molecule has 0 saturated carbocycles. The van der Waals surface area contributed by atoms with Gasteiger partial charge in [-0.15, -0.1) is 0 Å². The van der Waals surface area contributed by atoms with Crippen molar-refractivity contribution in [2.24, 2.45) is 0 Å². The summed E-state index contributed by atoms with van der Waals surface area (Å²) in [5.41, 5.74) is 3.84. The lowest BCUT2D eigenvalue weighted by Gasteiger charge is -2.10. The van der Waals surface area contributed by atoms with E-state index in [0.717, 1.165) is 25.7 Å². The summed E-state index contributed by atoms with van der Waals surface area (Å²) in [5.74, 6) is 0. The van der Waals surface area contributed by atoms with E-state index in [9.17, 15) is 5.11 Å². The van der Waals surface area contributed by atoms with Crippen LogP contribution in [0.4, 0.5) is 0 Å². The van der Waals surface area contributed by atoms with Crippen LogP contribution in [-0.2, 0) is 12.8 Å². The molecule has 0 aliphatic carbocycles. The zero-order chi connectivity index (χ0) is 13.5. The quantitative estimate of drug-likeness (QED) is 0.828. The fraction of sp³-hybridized carbons (Fsp3) is 0.333. The number of aliphatic hydroxyl groups is 1. The van der Waals surface area contributed by atoms with E-state index in [4.69, 9.17) is 0 Å². The van der Waals surface area contributed by atoms with Crippen molar-refractivity contribution >= 4 is 0 Å². The Balaban J connectivity index is 1.73. The largest absolute Gasteiger partial charge is 0.393 e. The molecule has 0 spiro atoms. The molecular formula is C18H22O. The molecule has 1 heteroatoms. The summed E-state index contributed by atoms with van der Waals surface area (Å²) in [6, 6.07) is 18.9. The van der Waals surface area contributed by atoms with Gasteiger partial charge in [0.1, 0.15) is 0 Å². The minimum Gasteiger partial charge on any atom is -0.393 e. The van der Waals surface area contributed by atoms with Crippen molar-refractivity contribution < 1.29 is 5.11 Å². The molecule has 0 aliphatic heterocycles. The maximum Gasteiger partial charge on any atom is 0.0580 e. The van der Waals surface area contributed by atoms with Gasteiger partial charge in [-0.3, -0.25) is 0 Å². The molecule has 0 fully saturated rings. The molecule has 0 aromatic heterocycles. The maximum atomic E-state index is 10.0. The average Bonchev–Trinajstić information content (AvgIpc) is 2.43. The van der Waals surface area contributed by atoms with E-state index in [2.05, 4.69) is 55.5 Å². The third kappa shape index (κ3) is 4.88. The molecule has 1 nitrogen and oxygen atoms in total. The van der Waals surface area contributed by atoms with E-state index < -0.39 is 0 Å². The third-order valence-corrected chi connectivity index (χ3v) is 3.44. The second-order valence-electron chi connectivity index (χ2n) is 5.22. The molecule has 1 atom stereocenters. The Morgan fingerprint density at radius 3 is 2.26 bits per heavy atom. The van der Waals surface area contributed by atoms with Gasteiger partial charge < -0.3 is 5.11 Å². The van der Waals surface area contributed by atoms with Crippen LogP contribution < -0.4 is 0 Å². The summed E-state index contributed by atoms with van der Waals surface area (Å²) in [5, 5.41) is 10.0. The smallest absolute Gasteiger partial charge is 0.0580 e. The van der Waals surface area contributed by atoms with Crippen LogP contribution in [0.2, 0.25) is 0 Å². The first-order valence-corrected chi connectivity index (χ1v) is 7.01. The van der Waals surface area contributed by atoms with E-state index in [0.29, 0.717) is 0 Å². The Labute approximate surface area is 115 Å². The highest BCUT2D eigenvalue weighted by Gasteiger charge is 2.05. The summed E-state index contributed by atoms with van der Waals surface area (Å²) in [7, 11) is 0. The first-order chi connectivity index (χ1) is 9.24. The van der Waals surface area contributed by atoms with Crippen molar-refractivity contribution in [3.8, 4) is 0 Å². The van der Waals surface area contributed by atoms with E-state index in [-0.39, 0.29) is 6.10 Å². The lowest BCUT2D eigenvalue weighted by molar-refractivity contribution is 0.162. The van der Waals surface area contributed by atoms with E-state index in [1.165, 1.54) is 16.7 Å². The molecule has 19 heavy (non-hydrogen) atoms. The topological polar surface area (TPSA) is 20.2 Å². The summed E-state index contributed by atoms with van der Waals surface area (Å²) in [6.07, 6.45) is 3.48. The number of hydrogen-bond donors (Lipinski definition) is 1.